The largest absolute Gasteiger partial charge is 0.416 e. The van der Waals surface area contributed by atoms with Crippen LogP contribution in [0.3, 0.4) is 0 Å². The Morgan fingerprint density at radius 3 is 2.34 bits per heavy atom. The Labute approximate surface area is 216 Å². The van der Waals surface area contributed by atoms with E-state index in [9.17, 15) is 28.1 Å². The molecule has 1 amide bonds. The van der Waals surface area contributed by atoms with Gasteiger partial charge in [0.1, 0.15) is 12.3 Å². The summed E-state index contributed by atoms with van der Waals surface area (Å²) in [5.41, 5.74) is 7.48. The zero-order chi connectivity index (χ0) is 27.2. The summed E-state index contributed by atoms with van der Waals surface area (Å²) in [6, 6.07) is 18.6. The number of amides is 1. The van der Waals surface area contributed by atoms with E-state index in [1.807, 2.05) is 35.2 Å². The molecule has 0 aliphatic carbocycles. The summed E-state index contributed by atoms with van der Waals surface area (Å²) in [5.74, 6) is -0.637. The molecule has 2 aliphatic rings. The van der Waals surface area contributed by atoms with Gasteiger partial charge in [-0.05, 0) is 60.2 Å². The number of nitrogens with zero attached hydrogens (tertiary/aromatic N) is 2. The van der Waals surface area contributed by atoms with Gasteiger partial charge in [-0.2, -0.15) is 13.2 Å². The fourth-order valence-corrected chi connectivity index (χ4v) is 5.34. The molecular weight excluding hydrogens is 499 g/mol. The van der Waals surface area contributed by atoms with Crippen molar-refractivity contribution >= 4 is 17.3 Å². The van der Waals surface area contributed by atoms with Crippen LogP contribution in [-0.2, 0) is 15.7 Å². The van der Waals surface area contributed by atoms with Crippen molar-refractivity contribution in [1.82, 2.24) is 4.90 Å². The third-order valence-electron chi connectivity index (χ3n) is 7.07. The highest BCUT2D eigenvalue weighted by Crippen LogP contribution is 2.53. The molecular formula is C28H24F3N3O4. The van der Waals surface area contributed by atoms with Crippen molar-refractivity contribution in [3.63, 3.8) is 0 Å². The molecule has 0 spiro atoms. The summed E-state index contributed by atoms with van der Waals surface area (Å²) in [5, 5.41) is 11.2. The maximum absolute atomic E-state index is 13.8. The molecule has 1 saturated heterocycles. The molecule has 0 saturated carbocycles. The van der Waals surface area contributed by atoms with Crippen LogP contribution in [0.1, 0.15) is 52.8 Å². The lowest BCUT2D eigenvalue weighted by molar-refractivity contribution is -0.384. The van der Waals surface area contributed by atoms with E-state index in [1.165, 1.54) is 25.1 Å². The molecule has 1 fully saturated rings. The van der Waals surface area contributed by atoms with Crippen molar-refractivity contribution in [3.8, 4) is 0 Å². The van der Waals surface area contributed by atoms with E-state index in [0.29, 0.717) is 35.2 Å². The number of carbonyl (C=O) groups excluding carboxylic acids is 1. The number of primary amides is 1. The standard InChI is InChI=1S/C28H24F3N3O4/c1-16-7-8-19(15-22(16)28(29,30)31)26-25(17-5-3-2-4-6-17)33-23(38-26)14-13-21(27(32)35)24(33)18-9-11-20(12-10-18)34(36)37/h2-12,15,23,25-26H,13-14H2,1H3,(H2,32,35). The van der Waals surface area contributed by atoms with E-state index in [-0.39, 0.29) is 11.3 Å². The van der Waals surface area contributed by atoms with Crippen LogP contribution >= 0.6 is 0 Å². The van der Waals surface area contributed by atoms with E-state index in [1.54, 1.807) is 18.2 Å². The summed E-state index contributed by atoms with van der Waals surface area (Å²) in [4.78, 5) is 25.1. The van der Waals surface area contributed by atoms with E-state index in [4.69, 9.17) is 10.5 Å². The van der Waals surface area contributed by atoms with Crippen molar-refractivity contribution in [3.05, 3.63) is 116 Å². The Kier molecular flexibility index (Phi) is 6.44. The number of nitro groups is 1. The molecule has 2 heterocycles. The maximum Gasteiger partial charge on any atom is 0.416 e. The number of rotatable bonds is 5. The number of carbonyl (C=O) groups is 1. The van der Waals surface area contributed by atoms with E-state index < -0.39 is 40.9 Å². The van der Waals surface area contributed by atoms with Gasteiger partial charge < -0.3 is 15.4 Å². The number of aryl methyl sites for hydroxylation is 1. The topological polar surface area (TPSA) is 98.7 Å². The summed E-state index contributed by atoms with van der Waals surface area (Å²) < 4.78 is 47.8. The summed E-state index contributed by atoms with van der Waals surface area (Å²) in [7, 11) is 0. The lowest BCUT2D eigenvalue weighted by Crippen LogP contribution is -2.37. The number of fused-ring (bicyclic) bond motifs is 1. The van der Waals surface area contributed by atoms with Crippen LogP contribution in [0.5, 0.6) is 0 Å². The lowest BCUT2D eigenvalue weighted by atomic mass is 9.89. The first-order chi connectivity index (χ1) is 18.1. The predicted molar refractivity (Wildman–Crippen MR) is 133 cm³/mol. The number of nitro benzene ring substituents is 1. The molecule has 2 N–H and O–H groups in total. The van der Waals surface area contributed by atoms with Gasteiger partial charge in [0.05, 0.1) is 22.2 Å². The fraction of sp³-hybridized carbons (Fsp3) is 0.250. The molecule has 3 aromatic rings. The number of hydrogen-bond acceptors (Lipinski definition) is 5. The predicted octanol–water partition coefficient (Wildman–Crippen LogP) is 6.05. The minimum atomic E-state index is -4.53. The number of hydrogen-bond donors (Lipinski definition) is 1. The quantitative estimate of drug-likeness (QED) is 0.324. The molecule has 3 atom stereocenters. The van der Waals surface area contributed by atoms with E-state index >= 15 is 0 Å². The summed E-state index contributed by atoms with van der Waals surface area (Å²) in [6.45, 7) is 1.41. The van der Waals surface area contributed by atoms with Crippen LogP contribution in [0.25, 0.3) is 5.70 Å². The molecule has 2 aliphatic heterocycles. The van der Waals surface area contributed by atoms with Gasteiger partial charge in [0.25, 0.3) is 5.69 Å². The highest BCUT2D eigenvalue weighted by Gasteiger charge is 2.48. The Morgan fingerprint density at radius 1 is 1.05 bits per heavy atom. The zero-order valence-electron chi connectivity index (χ0n) is 20.3. The number of benzene rings is 3. The number of halogens is 3. The van der Waals surface area contributed by atoms with Gasteiger partial charge in [0.15, 0.2) is 0 Å². The van der Waals surface area contributed by atoms with Crippen molar-refractivity contribution in [2.45, 2.75) is 44.3 Å². The number of nitrogens with two attached hydrogens (primary N) is 1. The first-order valence-electron chi connectivity index (χ1n) is 12.0. The molecule has 3 aromatic carbocycles. The van der Waals surface area contributed by atoms with Gasteiger partial charge in [-0.15, -0.1) is 0 Å². The normalized spacial score (nSPS) is 21.4. The van der Waals surface area contributed by atoms with Crippen molar-refractivity contribution < 1.29 is 27.6 Å². The molecule has 10 heteroatoms. The van der Waals surface area contributed by atoms with Crippen molar-refractivity contribution in [2.75, 3.05) is 0 Å². The average molecular weight is 524 g/mol. The van der Waals surface area contributed by atoms with Gasteiger partial charge in [-0.25, -0.2) is 0 Å². The fourth-order valence-electron chi connectivity index (χ4n) is 5.34. The van der Waals surface area contributed by atoms with Crippen LogP contribution in [0.4, 0.5) is 18.9 Å². The van der Waals surface area contributed by atoms with Crippen LogP contribution in [0.2, 0.25) is 0 Å². The van der Waals surface area contributed by atoms with E-state index in [2.05, 4.69) is 0 Å². The second-order valence-electron chi connectivity index (χ2n) is 9.38. The Morgan fingerprint density at radius 2 is 1.74 bits per heavy atom. The third-order valence-corrected chi connectivity index (χ3v) is 7.07. The second kappa shape index (κ2) is 9.60. The van der Waals surface area contributed by atoms with Gasteiger partial charge in [-0.1, -0.05) is 42.5 Å². The summed E-state index contributed by atoms with van der Waals surface area (Å²) in [6.07, 6.45) is -5.19. The molecule has 5 rings (SSSR count). The maximum atomic E-state index is 13.8. The van der Waals surface area contributed by atoms with Crippen molar-refractivity contribution in [1.29, 1.82) is 0 Å². The lowest BCUT2D eigenvalue weighted by Gasteiger charge is -2.38. The Hall–Kier alpha value is -4.18. The van der Waals surface area contributed by atoms with Crippen LogP contribution < -0.4 is 5.73 Å². The monoisotopic (exact) mass is 523 g/mol. The number of ether oxygens (including phenoxy) is 1. The van der Waals surface area contributed by atoms with E-state index in [0.717, 1.165) is 11.6 Å². The third kappa shape index (κ3) is 4.51. The molecule has 196 valence electrons. The first kappa shape index (κ1) is 25.5. The highest BCUT2D eigenvalue weighted by molar-refractivity contribution is 6.00. The molecule has 3 unspecified atom stereocenters. The smallest absolute Gasteiger partial charge is 0.366 e. The summed E-state index contributed by atoms with van der Waals surface area (Å²) >= 11 is 0. The molecule has 0 bridgehead atoms. The van der Waals surface area contributed by atoms with Gasteiger partial charge in [-0.3, -0.25) is 14.9 Å². The van der Waals surface area contributed by atoms with Gasteiger partial charge in [0.2, 0.25) is 5.91 Å². The van der Waals surface area contributed by atoms with Crippen LogP contribution in [-0.4, -0.2) is 22.0 Å². The molecule has 7 nitrogen and oxygen atoms in total. The first-order valence-corrected chi connectivity index (χ1v) is 12.0. The highest BCUT2D eigenvalue weighted by atomic mass is 19.4. The van der Waals surface area contributed by atoms with Crippen LogP contribution in [0.15, 0.2) is 78.4 Å². The molecule has 38 heavy (non-hydrogen) atoms. The molecule has 0 aromatic heterocycles. The average Bonchev–Trinajstić information content (AvgIpc) is 3.28. The van der Waals surface area contributed by atoms with Gasteiger partial charge >= 0.3 is 6.18 Å². The SMILES string of the molecule is Cc1ccc(C2OC3CCC(C(N)=O)=C(c4ccc([N+](=O)[O-])cc4)N3C2c2ccccc2)cc1C(F)(F)F. The Bertz CT molecular complexity index is 1420. The molecule has 0 radical (unpaired) electrons. The number of non-ortho nitro benzene ring substituents is 1. The van der Waals surface area contributed by atoms with Crippen LogP contribution in [0, 0.1) is 17.0 Å². The van der Waals surface area contributed by atoms with Crippen molar-refractivity contribution in [2.24, 2.45) is 5.73 Å². The van der Waals surface area contributed by atoms with Gasteiger partial charge in [0, 0.05) is 17.7 Å². The minimum Gasteiger partial charge on any atom is -0.366 e. The Balaban J connectivity index is 1.69. The zero-order valence-corrected chi connectivity index (χ0v) is 20.3. The second-order valence-corrected chi connectivity index (χ2v) is 9.38. The minimum absolute atomic E-state index is 0.107. The number of alkyl halides is 3.